The highest BCUT2D eigenvalue weighted by atomic mass is 32.1. The Kier molecular flexibility index (Phi) is 3.56. The highest BCUT2D eigenvalue weighted by molar-refractivity contribution is 7.19. The molecule has 0 atom stereocenters. The summed E-state index contributed by atoms with van der Waals surface area (Å²) < 4.78 is 2.42. The molecule has 20 heavy (non-hydrogen) atoms. The van der Waals surface area contributed by atoms with Crippen molar-refractivity contribution in [2.75, 3.05) is 0 Å². The third-order valence-electron chi connectivity index (χ3n) is 3.27. The number of rotatable bonds is 3. The van der Waals surface area contributed by atoms with Crippen molar-refractivity contribution in [3.8, 4) is 0 Å². The smallest absolute Gasteiger partial charge is 0.331 e. The van der Waals surface area contributed by atoms with Crippen molar-refractivity contribution in [2.45, 2.75) is 26.2 Å². The number of aromatic nitrogens is 2. The number of hydrogen-bond donors (Lipinski definition) is 1. The first-order chi connectivity index (χ1) is 9.25. The lowest BCUT2D eigenvalue weighted by molar-refractivity contribution is -0.136. The first kappa shape index (κ1) is 14.5. The second kappa shape index (κ2) is 4.90. The Morgan fingerprint density at radius 1 is 1.25 bits per heavy atom. The van der Waals surface area contributed by atoms with Gasteiger partial charge in [-0.15, -0.1) is 11.3 Å². The fraction of sp³-hybridized carbons (Fsp3) is 0.462. The van der Waals surface area contributed by atoms with Crippen LogP contribution in [0, 0.1) is 0 Å². The summed E-state index contributed by atoms with van der Waals surface area (Å²) in [6.45, 7) is 3.89. The second-order valence-electron chi connectivity index (χ2n) is 5.06. The second-order valence-corrected chi connectivity index (χ2v) is 6.09. The van der Waals surface area contributed by atoms with Crippen LogP contribution in [-0.4, -0.2) is 20.2 Å². The summed E-state index contributed by atoms with van der Waals surface area (Å²) in [6.07, 6.45) is -0.207. The topological polar surface area (TPSA) is 81.3 Å². The standard InChI is InChI=1S/C13H16N2O4S/c1-6(2)10-7(5-8(16)17)9-11(18)14(3)13(19)15(4)12(9)20-10/h6H,5H2,1-4H3,(H,16,17). The van der Waals surface area contributed by atoms with Crippen LogP contribution >= 0.6 is 11.3 Å². The van der Waals surface area contributed by atoms with E-state index in [1.54, 1.807) is 7.05 Å². The molecule has 2 aromatic heterocycles. The molecule has 0 unspecified atom stereocenters. The van der Waals surface area contributed by atoms with Gasteiger partial charge in [0.15, 0.2) is 0 Å². The van der Waals surface area contributed by atoms with Gasteiger partial charge in [-0.2, -0.15) is 0 Å². The number of carboxylic acids is 1. The summed E-state index contributed by atoms with van der Waals surface area (Å²) in [7, 11) is 3.00. The Morgan fingerprint density at radius 3 is 2.35 bits per heavy atom. The van der Waals surface area contributed by atoms with Crippen LogP contribution in [0.3, 0.4) is 0 Å². The van der Waals surface area contributed by atoms with Gasteiger partial charge in [0.2, 0.25) is 0 Å². The number of fused-ring (bicyclic) bond motifs is 1. The van der Waals surface area contributed by atoms with Gasteiger partial charge in [-0.3, -0.25) is 18.7 Å². The zero-order valence-electron chi connectivity index (χ0n) is 11.8. The highest BCUT2D eigenvalue weighted by Gasteiger charge is 2.22. The minimum Gasteiger partial charge on any atom is -0.481 e. The van der Waals surface area contributed by atoms with E-state index in [2.05, 4.69) is 0 Å². The molecule has 1 N–H and O–H groups in total. The van der Waals surface area contributed by atoms with Gasteiger partial charge in [0.05, 0.1) is 11.8 Å². The van der Waals surface area contributed by atoms with E-state index in [1.807, 2.05) is 13.8 Å². The van der Waals surface area contributed by atoms with Crippen LogP contribution in [0.15, 0.2) is 9.59 Å². The SMILES string of the molecule is CC(C)c1sc2c(c1CC(=O)O)c(=O)n(C)c(=O)n2C. The van der Waals surface area contributed by atoms with E-state index in [-0.39, 0.29) is 12.3 Å². The first-order valence-corrected chi connectivity index (χ1v) is 7.00. The molecule has 0 aliphatic rings. The van der Waals surface area contributed by atoms with Gasteiger partial charge in [0, 0.05) is 19.0 Å². The lowest BCUT2D eigenvalue weighted by atomic mass is 10.0. The van der Waals surface area contributed by atoms with Crippen LogP contribution in [-0.2, 0) is 25.3 Å². The molecule has 0 aliphatic carbocycles. The van der Waals surface area contributed by atoms with Crippen molar-refractivity contribution < 1.29 is 9.90 Å². The highest BCUT2D eigenvalue weighted by Crippen LogP contribution is 2.33. The normalized spacial score (nSPS) is 11.4. The Bertz CT molecular complexity index is 810. The van der Waals surface area contributed by atoms with Gasteiger partial charge in [-0.05, 0) is 11.5 Å². The largest absolute Gasteiger partial charge is 0.481 e. The predicted molar refractivity (Wildman–Crippen MR) is 77.7 cm³/mol. The van der Waals surface area contributed by atoms with E-state index in [0.29, 0.717) is 15.8 Å². The van der Waals surface area contributed by atoms with Crippen LogP contribution in [0.1, 0.15) is 30.2 Å². The van der Waals surface area contributed by atoms with Gasteiger partial charge in [-0.1, -0.05) is 13.8 Å². The predicted octanol–water partition coefficient (Wildman–Crippen LogP) is 1.05. The Hall–Kier alpha value is -1.89. The van der Waals surface area contributed by atoms with E-state index in [0.717, 1.165) is 9.44 Å². The summed E-state index contributed by atoms with van der Waals surface area (Å²) in [5, 5.41) is 9.41. The number of carboxylic acid groups (broad SMARTS) is 1. The van der Waals surface area contributed by atoms with Gasteiger partial charge in [-0.25, -0.2) is 4.79 Å². The van der Waals surface area contributed by atoms with Gasteiger partial charge < -0.3 is 5.11 Å². The van der Waals surface area contributed by atoms with Gasteiger partial charge >= 0.3 is 11.7 Å². The van der Waals surface area contributed by atoms with Crippen molar-refractivity contribution in [3.05, 3.63) is 31.3 Å². The van der Waals surface area contributed by atoms with Gasteiger partial charge in [0.1, 0.15) is 4.83 Å². The summed E-state index contributed by atoms with van der Waals surface area (Å²) in [5.74, 6) is -0.885. The van der Waals surface area contributed by atoms with E-state index in [4.69, 9.17) is 5.11 Å². The zero-order chi connectivity index (χ0) is 15.2. The summed E-state index contributed by atoms with van der Waals surface area (Å²) in [4.78, 5) is 36.7. The van der Waals surface area contributed by atoms with Crippen molar-refractivity contribution >= 4 is 27.5 Å². The van der Waals surface area contributed by atoms with Crippen molar-refractivity contribution in [3.63, 3.8) is 0 Å². The molecule has 2 aromatic rings. The van der Waals surface area contributed by atoms with Crippen LogP contribution in [0.5, 0.6) is 0 Å². The first-order valence-electron chi connectivity index (χ1n) is 6.18. The minimum absolute atomic E-state index is 0.0987. The molecule has 0 bridgehead atoms. The maximum Gasteiger partial charge on any atom is 0.331 e. The lowest BCUT2D eigenvalue weighted by Gasteiger charge is -2.05. The van der Waals surface area contributed by atoms with E-state index in [1.165, 1.54) is 23.0 Å². The zero-order valence-corrected chi connectivity index (χ0v) is 12.6. The van der Waals surface area contributed by atoms with E-state index in [9.17, 15) is 14.4 Å². The number of thiophene rings is 1. The minimum atomic E-state index is -0.984. The molecule has 0 aliphatic heterocycles. The molecule has 0 amide bonds. The number of aryl methyl sites for hydroxylation is 1. The number of carbonyl (C=O) groups is 1. The maximum atomic E-state index is 12.3. The maximum absolute atomic E-state index is 12.3. The molecule has 0 saturated heterocycles. The average molecular weight is 296 g/mol. The third kappa shape index (κ3) is 2.07. The summed E-state index contributed by atoms with van der Waals surface area (Å²) in [6, 6.07) is 0. The fourth-order valence-corrected chi connectivity index (χ4v) is 3.55. The molecule has 2 rings (SSSR count). The molecular weight excluding hydrogens is 280 g/mol. The molecular formula is C13H16N2O4S. The van der Waals surface area contributed by atoms with Crippen LogP contribution in [0.2, 0.25) is 0 Å². The molecule has 0 spiro atoms. The molecule has 2 heterocycles. The summed E-state index contributed by atoms with van der Waals surface area (Å²) >= 11 is 1.32. The summed E-state index contributed by atoms with van der Waals surface area (Å²) in [5.41, 5.74) is -0.299. The van der Waals surface area contributed by atoms with E-state index < -0.39 is 17.2 Å². The Balaban J connectivity index is 3.01. The molecule has 0 radical (unpaired) electrons. The number of aliphatic carboxylic acids is 1. The molecule has 0 fully saturated rings. The number of nitrogens with zero attached hydrogens (tertiary/aromatic N) is 2. The van der Waals surface area contributed by atoms with Crippen molar-refractivity contribution in [1.29, 1.82) is 0 Å². The molecule has 108 valence electrons. The molecule has 6 nitrogen and oxygen atoms in total. The van der Waals surface area contributed by atoms with Crippen LogP contribution in [0.25, 0.3) is 10.2 Å². The monoisotopic (exact) mass is 296 g/mol. The molecule has 0 saturated carbocycles. The fourth-order valence-electron chi connectivity index (χ4n) is 2.29. The number of hydrogen-bond acceptors (Lipinski definition) is 4. The quantitative estimate of drug-likeness (QED) is 0.918. The Labute approximate surface area is 118 Å². The lowest BCUT2D eigenvalue weighted by Crippen LogP contribution is -2.36. The molecule has 7 heteroatoms. The van der Waals surface area contributed by atoms with Crippen LogP contribution in [0.4, 0.5) is 0 Å². The van der Waals surface area contributed by atoms with Crippen molar-refractivity contribution in [2.24, 2.45) is 14.1 Å². The van der Waals surface area contributed by atoms with E-state index >= 15 is 0 Å². The van der Waals surface area contributed by atoms with Gasteiger partial charge in [0.25, 0.3) is 5.56 Å². The third-order valence-corrected chi connectivity index (χ3v) is 4.88. The Morgan fingerprint density at radius 2 is 1.85 bits per heavy atom. The molecule has 0 aromatic carbocycles. The average Bonchev–Trinajstić information content (AvgIpc) is 2.72. The van der Waals surface area contributed by atoms with Crippen LogP contribution < -0.4 is 11.2 Å². The van der Waals surface area contributed by atoms with Crippen molar-refractivity contribution in [1.82, 2.24) is 9.13 Å².